The van der Waals surface area contributed by atoms with Crippen molar-refractivity contribution in [2.24, 2.45) is 0 Å². The van der Waals surface area contributed by atoms with E-state index < -0.39 is 12.1 Å². The molecule has 0 radical (unpaired) electrons. The molecule has 54 valence electrons. The molecular formula is C5H8ClNaO3. The average molecular weight is 175 g/mol. The predicted molar refractivity (Wildman–Crippen MR) is 31.0 cm³/mol. The molecule has 0 fully saturated rings. The van der Waals surface area contributed by atoms with Crippen LogP contribution in [0.2, 0.25) is 0 Å². The Labute approximate surface area is 86.7 Å². The fourth-order valence-electron chi connectivity index (χ4n) is 0.420. The average Bonchev–Trinajstić information content (AvgIpc) is 1.63. The summed E-state index contributed by atoms with van der Waals surface area (Å²) in [7, 11) is 0. The first-order valence-corrected chi connectivity index (χ1v) is 3.14. The minimum Gasteiger partial charge on any atom is -0.550 e. The summed E-state index contributed by atoms with van der Waals surface area (Å²) in [6.07, 6.45) is -0.880. The Hall–Kier alpha value is 0.720. The van der Waals surface area contributed by atoms with Gasteiger partial charge in [0.05, 0.1) is 6.10 Å². The van der Waals surface area contributed by atoms with Crippen LogP contribution < -0.4 is 34.7 Å². The van der Waals surface area contributed by atoms with E-state index >= 15 is 0 Å². The second-order valence-electron chi connectivity index (χ2n) is 1.71. The van der Waals surface area contributed by atoms with Crippen molar-refractivity contribution in [3.05, 3.63) is 0 Å². The Balaban J connectivity index is 0. The molecule has 0 aromatic rings. The minimum absolute atomic E-state index is 0. The number of carbonyl (C=O) groups is 1. The van der Waals surface area contributed by atoms with Crippen LogP contribution in [-0.2, 0) is 4.79 Å². The van der Waals surface area contributed by atoms with E-state index in [1.807, 2.05) is 0 Å². The van der Waals surface area contributed by atoms with Gasteiger partial charge in [0.2, 0.25) is 0 Å². The molecule has 3 nitrogen and oxygen atoms in total. The van der Waals surface area contributed by atoms with Gasteiger partial charge in [-0.25, -0.2) is 0 Å². The molecule has 0 aliphatic carbocycles. The van der Waals surface area contributed by atoms with Gasteiger partial charge in [-0.1, -0.05) is 0 Å². The zero-order valence-electron chi connectivity index (χ0n) is 5.84. The van der Waals surface area contributed by atoms with E-state index in [-0.39, 0.29) is 41.9 Å². The van der Waals surface area contributed by atoms with Crippen LogP contribution in [0.1, 0.15) is 12.8 Å². The molecule has 1 atom stereocenters. The number of carbonyl (C=O) groups excluding carboxylic acids is 1. The zero-order chi connectivity index (χ0) is 7.28. The Kier molecular flexibility index (Phi) is 10.4. The molecule has 5 heteroatoms. The molecular weight excluding hydrogens is 166 g/mol. The number of halogens is 1. The normalized spacial score (nSPS) is 11.8. The van der Waals surface area contributed by atoms with Gasteiger partial charge >= 0.3 is 29.6 Å². The summed E-state index contributed by atoms with van der Waals surface area (Å²) in [6, 6.07) is 0. The predicted octanol–water partition coefficient (Wildman–Crippen LogP) is -3.88. The van der Waals surface area contributed by atoms with Crippen LogP contribution in [0.15, 0.2) is 0 Å². The number of carboxylic acids is 1. The number of alkyl halides is 1. The Morgan fingerprint density at radius 2 is 2.20 bits per heavy atom. The van der Waals surface area contributed by atoms with Crippen LogP contribution >= 0.6 is 11.6 Å². The van der Waals surface area contributed by atoms with Crippen LogP contribution in [0.25, 0.3) is 0 Å². The summed E-state index contributed by atoms with van der Waals surface area (Å²) < 4.78 is 0. The largest absolute Gasteiger partial charge is 1.00 e. The number of hydrogen-bond donors (Lipinski definition) is 1. The van der Waals surface area contributed by atoms with E-state index in [4.69, 9.17) is 16.7 Å². The van der Waals surface area contributed by atoms with Gasteiger partial charge < -0.3 is 15.0 Å². The van der Waals surface area contributed by atoms with Gasteiger partial charge in [-0.05, 0) is 6.42 Å². The van der Waals surface area contributed by atoms with Crippen molar-refractivity contribution in [1.82, 2.24) is 0 Å². The fourth-order valence-corrected chi connectivity index (χ4v) is 0.672. The summed E-state index contributed by atoms with van der Waals surface area (Å²) in [6.45, 7) is 0. The maximum atomic E-state index is 9.77. The summed E-state index contributed by atoms with van der Waals surface area (Å²) in [5.74, 6) is -0.971. The minimum atomic E-state index is -1.24. The fraction of sp³-hybridized carbons (Fsp3) is 0.800. The molecule has 0 saturated heterocycles. The van der Waals surface area contributed by atoms with Crippen molar-refractivity contribution in [2.75, 3.05) is 5.88 Å². The zero-order valence-corrected chi connectivity index (χ0v) is 8.60. The molecule has 0 bridgehead atoms. The van der Waals surface area contributed by atoms with Crippen molar-refractivity contribution in [2.45, 2.75) is 18.9 Å². The second-order valence-corrected chi connectivity index (χ2v) is 2.09. The molecule has 0 amide bonds. The van der Waals surface area contributed by atoms with Gasteiger partial charge in [0, 0.05) is 18.3 Å². The van der Waals surface area contributed by atoms with Gasteiger partial charge in [-0.15, -0.1) is 11.6 Å². The first-order chi connectivity index (χ1) is 4.16. The quantitative estimate of drug-likeness (QED) is 0.350. The third-order valence-electron chi connectivity index (χ3n) is 0.845. The molecule has 0 spiro atoms. The van der Waals surface area contributed by atoms with Gasteiger partial charge in [-0.2, -0.15) is 0 Å². The Morgan fingerprint density at radius 1 is 1.70 bits per heavy atom. The van der Waals surface area contributed by atoms with Crippen LogP contribution in [0.5, 0.6) is 0 Å². The molecule has 1 N–H and O–H groups in total. The molecule has 0 aliphatic heterocycles. The van der Waals surface area contributed by atoms with Crippen LogP contribution in [0.4, 0.5) is 0 Å². The maximum Gasteiger partial charge on any atom is 1.00 e. The van der Waals surface area contributed by atoms with Crippen LogP contribution in [0.3, 0.4) is 0 Å². The molecule has 10 heavy (non-hydrogen) atoms. The van der Waals surface area contributed by atoms with Crippen molar-refractivity contribution >= 4 is 17.6 Å². The van der Waals surface area contributed by atoms with Crippen LogP contribution in [0, 0.1) is 0 Å². The van der Waals surface area contributed by atoms with Crippen molar-refractivity contribution in [3.63, 3.8) is 0 Å². The smallest absolute Gasteiger partial charge is 0.550 e. The maximum absolute atomic E-state index is 9.77. The summed E-state index contributed by atoms with van der Waals surface area (Å²) in [5.41, 5.74) is 0. The summed E-state index contributed by atoms with van der Waals surface area (Å²) in [5, 5.41) is 18.5. The van der Waals surface area contributed by atoms with Crippen LogP contribution in [-0.4, -0.2) is 23.1 Å². The molecule has 0 aliphatic rings. The number of aliphatic carboxylic acids is 1. The van der Waals surface area contributed by atoms with E-state index in [0.29, 0.717) is 6.42 Å². The molecule has 0 saturated carbocycles. The number of hydrogen-bond acceptors (Lipinski definition) is 3. The number of aliphatic hydroxyl groups excluding tert-OH is 1. The van der Waals surface area contributed by atoms with E-state index in [1.54, 1.807) is 0 Å². The van der Waals surface area contributed by atoms with Gasteiger partial charge in [0.15, 0.2) is 0 Å². The van der Waals surface area contributed by atoms with Gasteiger partial charge in [0.25, 0.3) is 0 Å². The molecule has 0 heterocycles. The SMILES string of the molecule is O=C([O-])CC(O)CCCl.[Na+]. The first kappa shape index (κ1) is 13.3. The van der Waals surface area contributed by atoms with Crippen molar-refractivity contribution in [3.8, 4) is 0 Å². The number of carboxylic acid groups (broad SMARTS) is 1. The van der Waals surface area contributed by atoms with Gasteiger partial charge in [0.1, 0.15) is 0 Å². The second kappa shape index (κ2) is 7.82. The molecule has 0 aromatic carbocycles. The van der Waals surface area contributed by atoms with Gasteiger partial charge in [-0.3, -0.25) is 0 Å². The summed E-state index contributed by atoms with van der Waals surface area (Å²) in [4.78, 5) is 9.77. The molecule has 1 unspecified atom stereocenters. The molecule has 0 rings (SSSR count). The Bertz CT molecular complexity index is 98.9. The van der Waals surface area contributed by atoms with E-state index in [9.17, 15) is 9.90 Å². The monoisotopic (exact) mass is 174 g/mol. The first-order valence-electron chi connectivity index (χ1n) is 2.60. The van der Waals surface area contributed by atoms with E-state index in [1.165, 1.54) is 0 Å². The third-order valence-corrected chi connectivity index (χ3v) is 1.06. The summed E-state index contributed by atoms with van der Waals surface area (Å²) >= 11 is 5.21. The number of rotatable bonds is 4. The topological polar surface area (TPSA) is 60.4 Å². The van der Waals surface area contributed by atoms with E-state index in [0.717, 1.165) is 0 Å². The van der Waals surface area contributed by atoms with Crippen molar-refractivity contribution in [1.29, 1.82) is 0 Å². The molecule has 0 aromatic heterocycles. The van der Waals surface area contributed by atoms with Crippen molar-refractivity contribution < 1.29 is 44.6 Å². The number of aliphatic hydroxyl groups is 1. The Morgan fingerprint density at radius 3 is 2.50 bits per heavy atom. The third kappa shape index (κ3) is 8.72. The standard InChI is InChI=1S/C5H9ClO3.Na/c6-2-1-4(7)3-5(8)9;/h4,7H,1-3H2,(H,8,9);/q;+1/p-1. The van der Waals surface area contributed by atoms with E-state index in [2.05, 4.69) is 0 Å².